The van der Waals surface area contributed by atoms with Crippen LogP contribution in [0.4, 0.5) is 15.3 Å². The number of carbonyl (C=O) groups excluding carboxylic acids is 8. The normalized spacial score (nSPS) is 20.2. The Morgan fingerprint density at radius 2 is 1.49 bits per heavy atom. The number of nitrogens with one attached hydrogen (secondary N) is 6. The molecule has 1 aliphatic carbocycles. The number of alkyl halides is 3. The quantitative estimate of drug-likeness (QED) is 0.0130. The number of halogens is 2. The van der Waals surface area contributed by atoms with Crippen LogP contribution < -0.4 is 62.8 Å². The molecule has 1 saturated heterocycles. The summed E-state index contributed by atoms with van der Waals surface area (Å²) in [5.41, 5.74) is 12.4. The van der Waals surface area contributed by atoms with E-state index >= 15 is 0 Å². The van der Waals surface area contributed by atoms with Gasteiger partial charge in [-0.3, -0.25) is 4.90 Å². The fourth-order valence-electron chi connectivity index (χ4n) is 10.6. The average molecular weight is 1370 g/mol. The number of nitrogens with zero attached hydrogens (tertiary/aromatic N) is 3. The minimum absolute atomic E-state index is 0.0121. The molecule has 11 atom stereocenters. The first kappa shape index (κ1) is 69.8. The van der Waals surface area contributed by atoms with Gasteiger partial charge in [0.1, 0.15) is 0 Å². The summed E-state index contributed by atoms with van der Waals surface area (Å²) in [7, 11) is 8.54. The molecule has 1 heterocycles. The Labute approximate surface area is 505 Å². The van der Waals surface area contributed by atoms with Crippen molar-refractivity contribution in [1.29, 1.82) is 0 Å². The first-order valence-electron chi connectivity index (χ1n) is 28.7. The summed E-state index contributed by atoms with van der Waals surface area (Å²) in [5, 5.41) is 14.8. The summed E-state index contributed by atoms with van der Waals surface area (Å²) in [6.07, 6.45) is 1.40. The van der Waals surface area contributed by atoms with Crippen LogP contribution >= 0.6 is 20.1 Å². The number of anilines is 1. The molecule has 10 N–H and O–H groups in total. The van der Waals surface area contributed by atoms with E-state index in [1.807, 2.05) is 122 Å². The third-order valence-electron chi connectivity index (χ3n) is 15.7. The van der Waals surface area contributed by atoms with Crippen molar-refractivity contribution < 1.29 is 69.0 Å². The number of methoxy groups -OCH3 is 2. The molecule has 462 valence electrons. The molecule has 2 aromatic rings. The molecule has 0 bridgehead atoms. The second-order valence-electron chi connectivity index (χ2n) is 23.0. The Hall–Kier alpha value is -4.70. The van der Waals surface area contributed by atoms with Crippen LogP contribution in [-0.2, 0) is 44.7 Å². The zero-order valence-electron chi connectivity index (χ0n) is 50.8. The molecule has 0 radical (unpaired) electrons. The summed E-state index contributed by atoms with van der Waals surface area (Å²) in [5.74, 6) is -3.16. The summed E-state index contributed by atoms with van der Waals surface area (Å²) < 4.78 is 15.9. The van der Waals surface area contributed by atoms with Crippen LogP contribution in [0.1, 0.15) is 111 Å². The second kappa shape index (κ2) is 33.1. The molecule has 1 aliphatic heterocycles. The van der Waals surface area contributed by atoms with Crippen molar-refractivity contribution >= 4 is 71.2 Å². The molecule has 82 heavy (non-hydrogen) atoms. The number of primary amides is 1. The third kappa shape index (κ3) is 19.2. The van der Waals surface area contributed by atoms with Crippen molar-refractivity contribution in [3.05, 3.63) is 65.7 Å². The van der Waals surface area contributed by atoms with Gasteiger partial charge in [0.15, 0.2) is 0 Å². The zero-order valence-corrected chi connectivity index (χ0v) is 55.1. The van der Waals surface area contributed by atoms with E-state index in [2.05, 4.69) is 30.1 Å². The van der Waals surface area contributed by atoms with E-state index in [9.17, 15) is 38.4 Å². The van der Waals surface area contributed by atoms with Gasteiger partial charge in [-0.25, -0.2) is 0 Å². The number of nitrogens with two attached hydrogens (primary N) is 2. The molecule has 4 rings (SSSR count). The van der Waals surface area contributed by atoms with E-state index in [0.717, 1.165) is 22.0 Å². The van der Waals surface area contributed by atoms with Crippen molar-refractivity contribution in [3.63, 3.8) is 0 Å². The van der Waals surface area contributed by atoms with Gasteiger partial charge >= 0.3 is 470 Å². The number of hydrogen-bond donors (Lipinski definition) is 8. The third-order valence-corrected chi connectivity index (χ3v) is 23.8. The second-order valence-corrected chi connectivity index (χ2v) is 30.9. The fraction of sp³-hybridized carbons (Fsp3) is 0.661. The van der Waals surface area contributed by atoms with E-state index in [1.165, 1.54) is 0 Å². The molecular formula is C59H96I2N11O10-. The molecule has 2 fully saturated rings. The van der Waals surface area contributed by atoms with Gasteiger partial charge in [-0.05, 0) is 20.0 Å². The van der Waals surface area contributed by atoms with Gasteiger partial charge in [0.25, 0.3) is 0 Å². The zero-order chi connectivity index (χ0) is 61.2. The summed E-state index contributed by atoms with van der Waals surface area (Å²) in [6.45, 7) is 18.3. The number of benzene rings is 2. The number of likely N-dealkylation sites (N-methyl/N-ethyl adjacent to an activating group) is 2. The van der Waals surface area contributed by atoms with Gasteiger partial charge in [0.05, 0.1) is 0 Å². The fourth-order valence-corrected chi connectivity index (χ4v) is 18.3. The van der Waals surface area contributed by atoms with Crippen LogP contribution in [0.15, 0.2) is 54.6 Å². The molecule has 23 heteroatoms. The minimum atomic E-state index is -2.83. The Morgan fingerprint density at radius 3 is 2.05 bits per heavy atom. The van der Waals surface area contributed by atoms with Gasteiger partial charge < -0.3 is 0 Å². The molecule has 0 spiro atoms. The van der Waals surface area contributed by atoms with Crippen LogP contribution in [0, 0.1) is 29.6 Å². The van der Waals surface area contributed by atoms with Gasteiger partial charge in [-0.15, -0.1) is 0 Å². The van der Waals surface area contributed by atoms with Crippen LogP contribution in [0.5, 0.6) is 0 Å². The Bertz CT molecular complexity index is 2430. The number of ether oxygens (including phenoxy) is 2. The summed E-state index contributed by atoms with van der Waals surface area (Å²) in [6, 6.07) is 13.6. The first-order chi connectivity index (χ1) is 38.7. The van der Waals surface area contributed by atoms with E-state index in [4.69, 9.17) is 20.9 Å². The number of amides is 9. The predicted octanol–water partition coefficient (Wildman–Crippen LogP) is 1.80. The molecule has 2 aliphatic rings. The van der Waals surface area contributed by atoms with Crippen LogP contribution in [0.3, 0.4) is 0 Å². The van der Waals surface area contributed by atoms with Crippen LogP contribution in [-0.4, -0.2) is 170 Å². The van der Waals surface area contributed by atoms with E-state index < -0.39 is 101 Å². The van der Waals surface area contributed by atoms with Crippen molar-refractivity contribution in [2.24, 2.45) is 41.1 Å². The number of urea groups is 1. The molecule has 2 aromatic carbocycles. The van der Waals surface area contributed by atoms with E-state index in [1.54, 1.807) is 45.2 Å². The van der Waals surface area contributed by atoms with E-state index in [0.29, 0.717) is 42.3 Å². The monoisotopic (exact) mass is 1370 g/mol. The topological polar surface area (TPSA) is 289 Å². The van der Waals surface area contributed by atoms with Gasteiger partial charge in [0, 0.05) is 0 Å². The molecule has 6 unspecified atom stereocenters. The Morgan fingerprint density at radius 1 is 0.829 bits per heavy atom. The Kier molecular flexibility index (Phi) is 28.2. The van der Waals surface area contributed by atoms with Crippen molar-refractivity contribution in [2.75, 3.05) is 69.2 Å². The van der Waals surface area contributed by atoms with Crippen LogP contribution in [0.25, 0.3) is 0 Å². The molecule has 1 saturated carbocycles. The number of carbonyl (C=O) groups is 8. The molecule has 21 nitrogen and oxygen atoms in total. The SMILES string of the molecule is CC[C@H](C)C(C(CC(=O)N1CCC[I-]C1C(OC)[C@@H](C)C(=O)NC1(C(=O)NCCc2ccc(NC(=O)I(CCCNC(N)=O)NC(=O)[C@H](N)C(C)C)cc2)C[C@H]1c1ccccc1)OC)N(C)C(=O)[C@@H](NC(=O)C(C(C)C)N(C)C)C(C)C. The van der Waals surface area contributed by atoms with Crippen LogP contribution in [0.2, 0.25) is 0 Å². The van der Waals surface area contributed by atoms with E-state index in [-0.39, 0.29) is 86.6 Å². The molecule has 9 amide bonds. The van der Waals surface area contributed by atoms with Gasteiger partial charge in [0.2, 0.25) is 0 Å². The summed E-state index contributed by atoms with van der Waals surface area (Å²) >= 11 is -3.50. The molecular weight excluding hydrogens is 1280 g/mol. The predicted molar refractivity (Wildman–Crippen MR) is 324 cm³/mol. The van der Waals surface area contributed by atoms with Crippen molar-refractivity contribution in [1.82, 2.24) is 39.5 Å². The average Bonchev–Trinajstić information content (AvgIpc) is 4.19. The number of rotatable bonds is 32. The Balaban J connectivity index is 1.47. The maximum atomic E-state index is 14.8. The number of hydrogen-bond acceptors (Lipinski definition) is 12. The summed E-state index contributed by atoms with van der Waals surface area (Å²) in [4.78, 5) is 115. The van der Waals surface area contributed by atoms with Gasteiger partial charge in [-0.2, -0.15) is 0 Å². The van der Waals surface area contributed by atoms with Gasteiger partial charge in [-0.1, -0.05) is 13.8 Å². The van der Waals surface area contributed by atoms with Crippen molar-refractivity contribution in [2.45, 2.75) is 153 Å². The molecule has 0 aromatic heterocycles. The maximum absolute atomic E-state index is 14.8. The standard InChI is InChI=1S/C59H96I2N11O10/c1-15-38(8)49(71(12)55(77)47(36(4)5)67-54(76)48(37(6)7)70(10)11)44(81-13)33-45(73)72-32-19-28-60-51(72)50(82-14)39(9)52(74)68-59(34-43(59)41-21-17-16-18-22-41)56(78)64-31-27-40-23-25-42(26-24-40)66-57(79)61(29-20-30-65-58(63)80)69-53(75)46(62)35(2)3/h16-18,21-26,35-39,43-44,46-51H,15,19-20,27-34,62H2,1-14H3,(H,64,78)(H,66,79)(H,67,76)(H,68,74)(H,69,75)(H3,63,65,80)/q-1/t38-,39+,43-,44?,46+,47-,48?,49?,50?,51?,59?/m0/s1. The van der Waals surface area contributed by atoms with Crippen molar-refractivity contribution in [3.8, 4) is 0 Å². The first-order valence-corrected chi connectivity index (χ1v) is 35.2.